The number of anilines is 1. The Balaban J connectivity index is 0.00000280. The molecule has 1 aliphatic carbocycles. The maximum Gasteiger partial charge on any atom is 0.265 e. The number of aliphatic imine (C=N–C) groups is 1. The number of benzene rings is 1. The maximum atomic E-state index is 12.2. The number of nitrogens with zero attached hydrogens (tertiary/aromatic N) is 2. The molecule has 2 unspecified atom stereocenters. The van der Waals surface area contributed by atoms with Gasteiger partial charge < -0.3 is 20.3 Å². The highest BCUT2D eigenvalue weighted by Gasteiger charge is 2.25. The molecular weight excluding hydrogens is 467 g/mol. The first kappa shape index (κ1) is 22.8. The fourth-order valence-corrected chi connectivity index (χ4v) is 4.30. The van der Waals surface area contributed by atoms with Gasteiger partial charge in [0.2, 0.25) is 0 Å². The van der Waals surface area contributed by atoms with Crippen molar-refractivity contribution in [2.75, 3.05) is 31.6 Å². The van der Waals surface area contributed by atoms with Gasteiger partial charge in [-0.15, -0.1) is 24.0 Å². The lowest BCUT2D eigenvalue weighted by atomic mass is 9.80. The third kappa shape index (κ3) is 5.99. The van der Waals surface area contributed by atoms with E-state index >= 15 is 0 Å². The monoisotopic (exact) mass is 500 g/mol. The zero-order chi connectivity index (χ0) is 19.2. The van der Waals surface area contributed by atoms with E-state index in [0.717, 1.165) is 42.2 Å². The van der Waals surface area contributed by atoms with Gasteiger partial charge in [0.15, 0.2) is 12.6 Å². The second kappa shape index (κ2) is 10.9. The number of ether oxygens (including phenoxy) is 1. The molecule has 1 amide bonds. The van der Waals surface area contributed by atoms with Gasteiger partial charge in [-0.25, -0.2) is 0 Å². The smallest absolute Gasteiger partial charge is 0.265 e. The summed E-state index contributed by atoms with van der Waals surface area (Å²) >= 11 is 0. The van der Waals surface area contributed by atoms with Crippen LogP contribution >= 0.6 is 24.0 Å². The second-order valence-electron chi connectivity index (χ2n) is 7.91. The van der Waals surface area contributed by atoms with E-state index in [2.05, 4.69) is 29.5 Å². The Kier molecular flexibility index (Phi) is 8.85. The Morgan fingerprint density at radius 2 is 1.93 bits per heavy atom. The summed E-state index contributed by atoms with van der Waals surface area (Å²) in [4.78, 5) is 18.4. The minimum atomic E-state index is 0. The van der Waals surface area contributed by atoms with E-state index in [-0.39, 0.29) is 36.5 Å². The van der Waals surface area contributed by atoms with E-state index in [9.17, 15) is 4.79 Å². The van der Waals surface area contributed by atoms with Crippen LogP contribution < -0.4 is 20.3 Å². The summed E-state index contributed by atoms with van der Waals surface area (Å²) in [7, 11) is 1.81. The van der Waals surface area contributed by atoms with Crippen LogP contribution in [0.2, 0.25) is 0 Å². The SMILES string of the molecule is CN=C(NCCCN1C(=O)COc2ccccc21)NC1CC(C)CC(C)C1.I. The minimum absolute atomic E-state index is 0. The summed E-state index contributed by atoms with van der Waals surface area (Å²) in [5, 5.41) is 6.96. The lowest BCUT2D eigenvalue weighted by Gasteiger charge is -2.33. The normalized spacial score (nSPS) is 24.7. The number of hydrogen-bond acceptors (Lipinski definition) is 3. The fourth-order valence-electron chi connectivity index (χ4n) is 4.30. The maximum absolute atomic E-state index is 12.2. The Labute approximate surface area is 185 Å². The number of nitrogens with one attached hydrogen (secondary N) is 2. The molecule has 156 valence electrons. The van der Waals surface area contributed by atoms with Crippen molar-refractivity contribution < 1.29 is 9.53 Å². The third-order valence-electron chi connectivity index (χ3n) is 5.40. The van der Waals surface area contributed by atoms with Crippen molar-refractivity contribution in [1.82, 2.24) is 10.6 Å². The van der Waals surface area contributed by atoms with Gasteiger partial charge in [-0.05, 0) is 49.7 Å². The van der Waals surface area contributed by atoms with Crippen LogP contribution in [0.1, 0.15) is 39.5 Å². The number of halogens is 1. The van der Waals surface area contributed by atoms with Crippen LogP contribution in [-0.2, 0) is 4.79 Å². The average molecular weight is 500 g/mol. The van der Waals surface area contributed by atoms with Crippen molar-refractivity contribution in [2.45, 2.75) is 45.6 Å². The van der Waals surface area contributed by atoms with Gasteiger partial charge >= 0.3 is 0 Å². The van der Waals surface area contributed by atoms with Crippen LogP contribution in [0.3, 0.4) is 0 Å². The number of para-hydroxylation sites is 2. The van der Waals surface area contributed by atoms with Crippen LogP contribution in [0.25, 0.3) is 0 Å². The summed E-state index contributed by atoms with van der Waals surface area (Å²) < 4.78 is 5.49. The molecule has 2 N–H and O–H groups in total. The fraction of sp³-hybridized carbons (Fsp3) is 0.619. The lowest BCUT2D eigenvalue weighted by molar-refractivity contribution is -0.121. The van der Waals surface area contributed by atoms with Gasteiger partial charge in [-0.1, -0.05) is 26.0 Å². The molecule has 2 atom stereocenters. The topological polar surface area (TPSA) is 66.0 Å². The largest absolute Gasteiger partial charge is 0.482 e. The standard InChI is InChI=1S/C21H32N4O2.HI/c1-15-11-16(2)13-17(12-15)24-21(22-3)23-9-6-10-25-18-7-4-5-8-19(18)27-14-20(25)26;/h4-5,7-8,15-17H,6,9-14H2,1-3H3,(H2,22,23,24);1H. The van der Waals surface area contributed by atoms with Crippen LogP contribution in [0, 0.1) is 11.8 Å². The number of carbonyl (C=O) groups is 1. The Morgan fingerprint density at radius 1 is 1.21 bits per heavy atom. The summed E-state index contributed by atoms with van der Waals surface area (Å²) in [6, 6.07) is 8.19. The molecule has 1 aromatic carbocycles. The van der Waals surface area contributed by atoms with E-state index in [0.29, 0.717) is 12.6 Å². The van der Waals surface area contributed by atoms with Gasteiger partial charge in [0, 0.05) is 26.2 Å². The van der Waals surface area contributed by atoms with Crippen LogP contribution in [-0.4, -0.2) is 44.7 Å². The van der Waals surface area contributed by atoms with Crippen LogP contribution in [0.5, 0.6) is 5.75 Å². The average Bonchev–Trinajstić information content (AvgIpc) is 2.64. The summed E-state index contributed by atoms with van der Waals surface area (Å²) in [5.41, 5.74) is 0.862. The molecular formula is C21H33IN4O2. The van der Waals surface area contributed by atoms with Crippen molar-refractivity contribution in [3.8, 4) is 5.75 Å². The molecule has 0 saturated heterocycles. The molecule has 3 rings (SSSR count). The Morgan fingerprint density at radius 3 is 2.64 bits per heavy atom. The highest BCUT2D eigenvalue weighted by atomic mass is 127. The molecule has 1 heterocycles. The van der Waals surface area contributed by atoms with Gasteiger partial charge in [-0.2, -0.15) is 0 Å². The van der Waals surface area contributed by atoms with Crippen molar-refractivity contribution in [1.29, 1.82) is 0 Å². The quantitative estimate of drug-likeness (QED) is 0.282. The highest BCUT2D eigenvalue weighted by molar-refractivity contribution is 14.0. The molecule has 0 bridgehead atoms. The van der Waals surface area contributed by atoms with Gasteiger partial charge in [-0.3, -0.25) is 9.79 Å². The molecule has 0 aromatic heterocycles. The molecule has 28 heavy (non-hydrogen) atoms. The molecule has 0 spiro atoms. The van der Waals surface area contributed by atoms with Crippen molar-refractivity contribution in [2.24, 2.45) is 16.8 Å². The first-order chi connectivity index (χ1) is 13.1. The number of guanidine groups is 1. The van der Waals surface area contributed by atoms with Crippen LogP contribution in [0.4, 0.5) is 5.69 Å². The zero-order valence-corrected chi connectivity index (χ0v) is 19.4. The molecule has 2 aliphatic rings. The number of fused-ring (bicyclic) bond motifs is 1. The summed E-state index contributed by atoms with van der Waals surface area (Å²) in [6.45, 7) is 6.21. The first-order valence-corrected chi connectivity index (χ1v) is 10.1. The van der Waals surface area contributed by atoms with Crippen molar-refractivity contribution in [3.05, 3.63) is 24.3 Å². The second-order valence-corrected chi connectivity index (χ2v) is 7.91. The predicted octanol–water partition coefficient (Wildman–Crippen LogP) is 3.41. The number of amides is 1. The summed E-state index contributed by atoms with van der Waals surface area (Å²) in [5.74, 6) is 3.17. The van der Waals surface area contributed by atoms with E-state index in [1.54, 1.807) is 0 Å². The molecule has 1 fully saturated rings. The third-order valence-corrected chi connectivity index (χ3v) is 5.40. The van der Waals surface area contributed by atoms with Gasteiger partial charge in [0.1, 0.15) is 5.75 Å². The van der Waals surface area contributed by atoms with E-state index in [1.165, 1.54) is 19.3 Å². The lowest BCUT2D eigenvalue weighted by Crippen LogP contribution is -2.47. The van der Waals surface area contributed by atoms with E-state index < -0.39 is 0 Å². The number of rotatable bonds is 5. The first-order valence-electron chi connectivity index (χ1n) is 10.1. The number of hydrogen-bond donors (Lipinski definition) is 2. The predicted molar refractivity (Wildman–Crippen MR) is 125 cm³/mol. The molecule has 1 aromatic rings. The van der Waals surface area contributed by atoms with Crippen molar-refractivity contribution in [3.63, 3.8) is 0 Å². The van der Waals surface area contributed by atoms with E-state index in [4.69, 9.17) is 4.74 Å². The molecule has 7 heteroatoms. The number of carbonyl (C=O) groups excluding carboxylic acids is 1. The molecule has 0 radical (unpaired) electrons. The minimum Gasteiger partial charge on any atom is -0.482 e. The highest BCUT2D eigenvalue weighted by Crippen LogP contribution is 2.31. The van der Waals surface area contributed by atoms with Gasteiger partial charge in [0.25, 0.3) is 5.91 Å². The van der Waals surface area contributed by atoms with Crippen molar-refractivity contribution >= 4 is 41.5 Å². The van der Waals surface area contributed by atoms with E-state index in [1.807, 2.05) is 36.2 Å². The summed E-state index contributed by atoms with van der Waals surface area (Å²) in [6.07, 6.45) is 4.56. The Bertz CT molecular complexity index is 672. The molecule has 1 saturated carbocycles. The zero-order valence-electron chi connectivity index (χ0n) is 17.1. The van der Waals surface area contributed by atoms with Crippen LogP contribution in [0.15, 0.2) is 29.3 Å². The van der Waals surface area contributed by atoms with Gasteiger partial charge in [0.05, 0.1) is 5.69 Å². The molecule has 1 aliphatic heterocycles. The molecule has 6 nitrogen and oxygen atoms in total. The Hall–Kier alpha value is -1.51.